The predicted molar refractivity (Wildman–Crippen MR) is 101 cm³/mol. The summed E-state index contributed by atoms with van der Waals surface area (Å²) < 4.78 is 6.35. The van der Waals surface area contributed by atoms with Gasteiger partial charge in [-0.1, -0.05) is 24.0 Å². The number of nitrogens with zero attached hydrogens (tertiary/aromatic N) is 2. The predicted octanol–water partition coefficient (Wildman–Crippen LogP) is 3.14. The fraction of sp³-hybridized carbons (Fsp3) is 0.467. The maximum atomic E-state index is 10.1. The number of thiocarbonyl (C=S) groups is 2. The molecule has 0 heterocycles. The van der Waals surface area contributed by atoms with Crippen LogP contribution < -0.4 is 0 Å². The highest BCUT2D eigenvalue weighted by molar-refractivity contribution is 8.22. The lowest BCUT2D eigenvalue weighted by molar-refractivity contribution is 0.257. The zero-order valence-electron chi connectivity index (χ0n) is 13.5. The van der Waals surface area contributed by atoms with E-state index >= 15 is 0 Å². The maximum Gasteiger partial charge on any atom is 0.259 e. The van der Waals surface area contributed by atoms with E-state index in [4.69, 9.17) is 29.2 Å². The normalized spacial score (nSPS) is 10.2. The first-order valence-electron chi connectivity index (χ1n) is 6.72. The lowest BCUT2D eigenvalue weighted by Gasteiger charge is -2.17. The Morgan fingerprint density at radius 2 is 1.77 bits per heavy atom. The van der Waals surface area contributed by atoms with Crippen LogP contribution in [0.5, 0.6) is 5.75 Å². The SMILES string of the molecule is Cc1cc(O)c(CSC(=S)N(C)C)cc1COC(=S)N(C)C. The smallest absolute Gasteiger partial charge is 0.259 e. The van der Waals surface area contributed by atoms with Gasteiger partial charge in [-0.15, -0.1) is 0 Å². The Balaban J connectivity index is 2.81. The molecule has 0 aliphatic rings. The van der Waals surface area contributed by atoms with Crippen LogP contribution in [-0.4, -0.2) is 52.6 Å². The minimum absolute atomic E-state index is 0.283. The van der Waals surface area contributed by atoms with Crippen molar-refractivity contribution in [2.75, 3.05) is 28.2 Å². The third kappa shape index (κ3) is 5.62. The number of rotatable bonds is 4. The minimum Gasteiger partial charge on any atom is -0.508 e. The van der Waals surface area contributed by atoms with Gasteiger partial charge in [0.25, 0.3) is 5.17 Å². The molecule has 4 nitrogen and oxygen atoms in total. The third-order valence-corrected chi connectivity index (χ3v) is 5.24. The van der Waals surface area contributed by atoms with Crippen molar-refractivity contribution < 1.29 is 9.84 Å². The van der Waals surface area contributed by atoms with Gasteiger partial charge in [0.2, 0.25) is 0 Å². The molecular weight excluding hydrogens is 336 g/mol. The molecule has 1 aromatic rings. The lowest BCUT2D eigenvalue weighted by Crippen LogP contribution is -2.22. The second-order valence-corrected chi connectivity index (χ2v) is 7.26. The summed E-state index contributed by atoms with van der Waals surface area (Å²) in [6.07, 6.45) is 0. The molecule has 0 aliphatic carbocycles. The van der Waals surface area contributed by atoms with Gasteiger partial charge < -0.3 is 19.6 Å². The van der Waals surface area contributed by atoms with Crippen molar-refractivity contribution in [1.29, 1.82) is 0 Å². The first-order chi connectivity index (χ1) is 10.2. The third-order valence-electron chi connectivity index (χ3n) is 2.97. The molecule has 1 aromatic carbocycles. The number of aromatic hydroxyl groups is 1. The van der Waals surface area contributed by atoms with Crippen molar-refractivity contribution >= 4 is 45.7 Å². The quantitative estimate of drug-likeness (QED) is 0.829. The Labute approximate surface area is 147 Å². The molecule has 1 rings (SSSR count). The van der Waals surface area contributed by atoms with Crippen molar-refractivity contribution in [2.24, 2.45) is 0 Å². The molecule has 0 radical (unpaired) electrons. The van der Waals surface area contributed by atoms with Crippen LogP contribution in [0, 0.1) is 6.92 Å². The molecule has 0 spiro atoms. The van der Waals surface area contributed by atoms with E-state index < -0.39 is 0 Å². The molecule has 1 N–H and O–H groups in total. The van der Waals surface area contributed by atoms with E-state index in [2.05, 4.69) is 0 Å². The summed E-state index contributed by atoms with van der Waals surface area (Å²) in [6, 6.07) is 3.71. The van der Waals surface area contributed by atoms with Crippen LogP contribution in [0.2, 0.25) is 0 Å². The summed E-state index contributed by atoms with van der Waals surface area (Å²) in [5.41, 5.74) is 2.82. The molecule has 0 aromatic heterocycles. The summed E-state index contributed by atoms with van der Waals surface area (Å²) in [6.45, 7) is 2.33. The van der Waals surface area contributed by atoms with E-state index in [0.717, 1.165) is 21.0 Å². The Morgan fingerprint density at radius 3 is 2.32 bits per heavy atom. The molecule has 122 valence electrons. The van der Waals surface area contributed by atoms with Gasteiger partial charge in [-0.2, -0.15) is 0 Å². The molecule has 22 heavy (non-hydrogen) atoms. The van der Waals surface area contributed by atoms with Gasteiger partial charge in [-0.25, -0.2) is 0 Å². The van der Waals surface area contributed by atoms with E-state index in [1.54, 1.807) is 11.0 Å². The number of aryl methyl sites for hydroxylation is 1. The number of ether oxygens (including phenoxy) is 1. The topological polar surface area (TPSA) is 35.9 Å². The summed E-state index contributed by atoms with van der Waals surface area (Å²) in [5.74, 6) is 0.902. The van der Waals surface area contributed by atoms with Gasteiger partial charge in [0.05, 0.1) is 0 Å². The maximum absolute atomic E-state index is 10.1. The average Bonchev–Trinajstić information content (AvgIpc) is 2.44. The van der Waals surface area contributed by atoms with Crippen LogP contribution in [0.25, 0.3) is 0 Å². The van der Waals surface area contributed by atoms with Crippen LogP contribution in [-0.2, 0) is 17.1 Å². The van der Waals surface area contributed by atoms with Crippen molar-refractivity contribution in [3.05, 3.63) is 28.8 Å². The van der Waals surface area contributed by atoms with Crippen LogP contribution in [0.4, 0.5) is 0 Å². The Morgan fingerprint density at radius 1 is 1.14 bits per heavy atom. The molecule has 0 aliphatic heterocycles. The first kappa shape index (κ1) is 19.0. The van der Waals surface area contributed by atoms with Crippen molar-refractivity contribution in [2.45, 2.75) is 19.3 Å². The van der Waals surface area contributed by atoms with Gasteiger partial charge in [0, 0.05) is 39.5 Å². The van der Waals surface area contributed by atoms with Crippen LogP contribution in [0.15, 0.2) is 12.1 Å². The minimum atomic E-state index is 0.283. The number of hydrogen-bond acceptors (Lipinski definition) is 5. The molecule has 0 saturated heterocycles. The fourth-order valence-corrected chi connectivity index (χ4v) is 2.60. The second-order valence-electron chi connectivity index (χ2n) is 5.31. The number of phenols is 1. The summed E-state index contributed by atoms with van der Waals surface area (Å²) in [7, 11) is 7.50. The lowest BCUT2D eigenvalue weighted by atomic mass is 10.1. The zero-order chi connectivity index (χ0) is 16.9. The van der Waals surface area contributed by atoms with Gasteiger partial charge in [-0.05, 0) is 42.4 Å². The first-order valence-corrected chi connectivity index (χ1v) is 8.52. The second kappa shape index (κ2) is 8.55. The number of hydrogen-bond donors (Lipinski definition) is 1. The van der Waals surface area contributed by atoms with Crippen LogP contribution in [0.1, 0.15) is 16.7 Å². The van der Waals surface area contributed by atoms with Crippen LogP contribution >= 0.6 is 36.2 Å². The Bertz CT molecular complexity index is 515. The molecule has 0 amide bonds. The summed E-state index contributed by atoms with van der Waals surface area (Å²) in [4.78, 5) is 3.63. The highest BCUT2D eigenvalue weighted by Crippen LogP contribution is 2.27. The molecule has 0 atom stereocenters. The van der Waals surface area contributed by atoms with E-state index in [0.29, 0.717) is 17.5 Å². The fourth-order valence-electron chi connectivity index (χ4n) is 1.60. The summed E-state index contributed by atoms with van der Waals surface area (Å²) >= 11 is 11.9. The van der Waals surface area contributed by atoms with E-state index in [-0.39, 0.29) is 5.75 Å². The molecular formula is C15H22N2O2S3. The molecule has 0 unspecified atom stereocenters. The van der Waals surface area contributed by atoms with Crippen molar-refractivity contribution in [3.8, 4) is 5.75 Å². The molecule has 0 bridgehead atoms. The average molecular weight is 359 g/mol. The number of phenolic OH excluding ortho intramolecular Hbond substituents is 1. The van der Waals surface area contributed by atoms with E-state index in [9.17, 15) is 5.11 Å². The highest BCUT2D eigenvalue weighted by Gasteiger charge is 2.10. The summed E-state index contributed by atoms with van der Waals surface area (Å²) in [5, 5.41) is 10.5. The van der Waals surface area contributed by atoms with Gasteiger partial charge in [-0.3, -0.25) is 0 Å². The molecule has 0 saturated carbocycles. The highest BCUT2D eigenvalue weighted by atomic mass is 32.2. The molecule has 7 heteroatoms. The van der Waals surface area contributed by atoms with E-state index in [1.165, 1.54) is 11.8 Å². The van der Waals surface area contributed by atoms with Crippen molar-refractivity contribution in [1.82, 2.24) is 9.80 Å². The Hall–Kier alpha value is -1.05. The number of thioether (sulfide) groups is 1. The van der Waals surface area contributed by atoms with E-state index in [1.807, 2.05) is 46.1 Å². The molecule has 0 fully saturated rings. The number of benzene rings is 1. The standard InChI is InChI=1S/C15H22N2O2S3/c1-10-6-13(18)12(9-22-15(21)17(4)5)7-11(10)8-19-14(20)16(2)3/h6-7,18H,8-9H2,1-5H3. The monoisotopic (exact) mass is 358 g/mol. The Kier molecular flexibility index (Phi) is 7.38. The van der Waals surface area contributed by atoms with Gasteiger partial charge >= 0.3 is 0 Å². The zero-order valence-corrected chi connectivity index (χ0v) is 16.0. The van der Waals surface area contributed by atoms with Gasteiger partial charge in [0.1, 0.15) is 16.7 Å². The van der Waals surface area contributed by atoms with Gasteiger partial charge in [0.15, 0.2) is 0 Å². The van der Waals surface area contributed by atoms with Crippen molar-refractivity contribution in [3.63, 3.8) is 0 Å². The van der Waals surface area contributed by atoms with Crippen LogP contribution in [0.3, 0.4) is 0 Å². The largest absolute Gasteiger partial charge is 0.508 e.